The Bertz CT molecular complexity index is 1770. The molecular weight excluding hydrogens is 573 g/mol. The van der Waals surface area contributed by atoms with Crippen molar-refractivity contribution in [1.29, 1.82) is 0 Å². The number of benzene rings is 4. The molecule has 226 valence electrons. The molecule has 0 spiro atoms. The van der Waals surface area contributed by atoms with Crippen molar-refractivity contribution in [1.82, 2.24) is 15.2 Å². The van der Waals surface area contributed by atoms with Gasteiger partial charge in [0.05, 0.1) is 18.7 Å². The van der Waals surface area contributed by atoms with Crippen LogP contribution < -0.4 is 26.0 Å². The number of amides is 1. The lowest BCUT2D eigenvalue weighted by molar-refractivity contribution is 0.00171. The second-order valence-corrected chi connectivity index (χ2v) is 14.2. The van der Waals surface area contributed by atoms with E-state index < -0.39 is 7.92 Å². The van der Waals surface area contributed by atoms with Crippen LogP contribution in [0.2, 0.25) is 0 Å². The van der Waals surface area contributed by atoms with Gasteiger partial charge in [-0.2, -0.15) is 0 Å². The molecule has 3 fully saturated rings. The van der Waals surface area contributed by atoms with E-state index in [1.807, 2.05) is 42.6 Å². The third kappa shape index (κ3) is 5.79. The van der Waals surface area contributed by atoms with E-state index in [1.54, 1.807) is 7.11 Å². The van der Waals surface area contributed by atoms with Crippen LogP contribution in [0.1, 0.15) is 34.8 Å². The molecule has 0 aliphatic carbocycles. The lowest BCUT2D eigenvalue weighted by Gasteiger charge is -2.51. The van der Waals surface area contributed by atoms with Gasteiger partial charge in [-0.1, -0.05) is 84.9 Å². The Hall–Kier alpha value is -4.31. The van der Waals surface area contributed by atoms with Crippen LogP contribution in [-0.2, 0) is 0 Å². The number of nitrogens with one attached hydrogen (secondary N) is 1. The van der Waals surface area contributed by atoms with Gasteiger partial charge < -0.3 is 10.1 Å². The smallest absolute Gasteiger partial charge is 0.252 e. The van der Waals surface area contributed by atoms with Gasteiger partial charge in [0.1, 0.15) is 5.75 Å². The van der Waals surface area contributed by atoms with E-state index in [0.29, 0.717) is 11.8 Å². The number of carbonyl (C=O) groups is 1. The Morgan fingerprint density at radius 1 is 0.978 bits per heavy atom. The van der Waals surface area contributed by atoms with Gasteiger partial charge in [0.25, 0.3) is 5.91 Å². The minimum Gasteiger partial charge on any atom is -0.497 e. The molecule has 4 heterocycles. The predicted octanol–water partition coefficient (Wildman–Crippen LogP) is 6.37. The topological polar surface area (TPSA) is 54.5 Å². The third-order valence-electron chi connectivity index (χ3n) is 9.56. The second kappa shape index (κ2) is 13.0. The summed E-state index contributed by atoms with van der Waals surface area (Å²) in [5.74, 6) is 1.78. The minimum atomic E-state index is -0.950. The number of ether oxygens (including phenoxy) is 1. The molecule has 5 nitrogen and oxygen atoms in total. The first kappa shape index (κ1) is 29.4. The molecular formula is C39H38N3O2P. The fraction of sp³-hybridized carbons (Fsp3) is 0.231. The molecule has 1 N–H and O–H groups in total. The fourth-order valence-electron chi connectivity index (χ4n) is 7.31. The van der Waals surface area contributed by atoms with Crippen molar-refractivity contribution in [3.8, 4) is 5.75 Å². The van der Waals surface area contributed by atoms with Crippen molar-refractivity contribution >= 4 is 40.6 Å². The SMILES string of the molecule is C=CC1CN2CCC1CC2[C@@H](NC(=O)c1ccccc1P(c1ccccc1)c1ccccc1)c1ccnc2ccc(OC)cc12. The summed E-state index contributed by atoms with van der Waals surface area (Å²) in [6.45, 7) is 6.14. The molecule has 4 aromatic carbocycles. The zero-order valence-corrected chi connectivity index (χ0v) is 26.4. The molecule has 0 radical (unpaired) electrons. The third-order valence-corrected chi connectivity index (χ3v) is 12.1. The van der Waals surface area contributed by atoms with Crippen molar-refractivity contribution in [3.63, 3.8) is 0 Å². The van der Waals surface area contributed by atoms with Crippen molar-refractivity contribution in [3.05, 3.63) is 139 Å². The van der Waals surface area contributed by atoms with Crippen LogP contribution >= 0.6 is 7.92 Å². The van der Waals surface area contributed by atoms with E-state index in [4.69, 9.17) is 4.74 Å². The zero-order chi connectivity index (χ0) is 30.8. The molecule has 1 aromatic heterocycles. The minimum absolute atomic E-state index is 0.0502. The lowest BCUT2D eigenvalue weighted by Crippen LogP contribution is -2.57. The molecule has 8 rings (SSSR count). The Balaban J connectivity index is 1.32. The van der Waals surface area contributed by atoms with Gasteiger partial charge in [-0.25, -0.2) is 0 Å². The molecule has 3 aliphatic rings. The van der Waals surface area contributed by atoms with Crippen molar-refractivity contribution in [2.75, 3.05) is 20.2 Å². The summed E-state index contributed by atoms with van der Waals surface area (Å²) in [5, 5.41) is 8.10. The predicted molar refractivity (Wildman–Crippen MR) is 185 cm³/mol. The summed E-state index contributed by atoms with van der Waals surface area (Å²) in [5.41, 5.74) is 2.69. The van der Waals surface area contributed by atoms with Gasteiger partial charge in [-0.3, -0.25) is 14.7 Å². The van der Waals surface area contributed by atoms with E-state index in [9.17, 15) is 4.79 Å². The van der Waals surface area contributed by atoms with Gasteiger partial charge >= 0.3 is 0 Å². The Labute approximate surface area is 266 Å². The summed E-state index contributed by atoms with van der Waals surface area (Å²) in [6, 6.07) is 37.3. The monoisotopic (exact) mass is 611 g/mol. The maximum Gasteiger partial charge on any atom is 0.252 e. The fourth-order valence-corrected chi connectivity index (χ4v) is 9.76. The van der Waals surface area contributed by atoms with Gasteiger partial charge in [-0.05, 0) is 91.0 Å². The van der Waals surface area contributed by atoms with E-state index in [-0.39, 0.29) is 18.0 Å². The van der Waals surface area contributed by atoms with Crippen LogP contribution in [-0.4, -0.2) is 42.0 Å². The van der Waals surface area contributed by atoms with Gasteiger partial charge in [0.2, 0.25) is 0 Å². The number of pyridine rings is 1. The average Bonchev–Trinajstić information content (AvgIpc) is 3.11. The number of aromatic nitrogens is 1. The summed E-state index contributed by atoms with van der Waals surface area (Å²) in [4.78, 5) is 21.9. The number of carbonyl (C=O) groups excluding carboxylic acids is 1. The molecule has 3 aliphatic heterocycles. The first-order valence-electron chi connectivity index (χ1n) is 15.7. The van der Waals surface area contributed by atoms with E-state index in [2.05, 4.69) is 101 Å². The molecule has 2 bridgehead atoms. The highest BCUT2D eigenvalue weighted by atomic mass is 31.1. The Morgan fingerprint density at radius 3 is 2.36 bits per heavy atom. The van der Waals surface area contributed by atoms with Gasteiger partial charge in [0.15, 0.2) is 0 Å². The maximum atomic E-state index is 14.7. The summed E-state index contributed by atoms with van der Waals surface area (Å²) in [6.07, 6.45) is 6.17. The normalized spacial score (nSPS) is 21.4. The second-order valence-electron chi connectivity index (χ2n) is 12.0. The molecule has 1 amide bonds. The highest BCUT2D eigenvalue weighted by Crippen LogP contribution is 2.43. The first-order chi connectivity index (χ1) is 22.1. The molecule has 3 saturated heterocycles. The number of methoxy groups -OCH3 is 1. The zero-order valence-electron chi connectivity index (χ0n) is 25.6. The van der Waals surface area contributed by atoms with E-state index >= 15 is 0 Å². The highest BCUT2D eigenvalue weighted by molar-refractivity contribution is 7.80. The Kier molecular flexibility index (Phi) is 8.47. The molecule has 45 heavy (non-hydrogen) atoms. The lowest BCUT2D eigenvalue weighted by atomic mass is 9.73. The first-order valence-corrected chi connectivity index (χ1v) is 17.1. The van der Waals surface area contributed by atoms with Crippen molar-refractivity contribution < 1.29 is 9.53 Å². The van der Waals surface area contributed by atoms with Crippen molar-refractivity contribution in [2.24, 2.45) is 11.8 Å². The quantitative estimate of drug-likeness (QED) is 0.156. The average molecular weight is 612 g/mol. The van der Waals surface area contributed by atoms with Crippen LogP contribution in [0.5, 0.6) is 5.75 Å². The number of nitrogens with zero attached hydrogens (tertiary/aromatic N) is 2. The number of rotatable bonds is 9. The number of hydrogen-bond acceptors (Lipinski definition) is 4. The molecule has 0 saturated carbocycles. The van der Waals surface area contributed by atoms with E-state index in [1.165, 1.54) is 17.0 Å². The van der Waals surface area contributed by atoms with Crippen LogP contribution in [0.15, 0.2) is 128 Å². The van der Waals surface area contributed by atoms with Crippen LogP contribution in [0.4, 0.5) is 0 Å². The summed E-state index contributed by atoms with van der Waals surface area (Å²) >= 11 is 0. The molecule has 6 heteroatoms. The van der Waals surface area contributed by atoms with Gasteiger partial charge in [0, 0.05) is 29.7 Å². The Morgan fingerprint density at radius 2 is 1.69 bits per heavy atom. The number of hydrogen-bond donors (Lipinski definition) is 1. The molecule has 5 aromatic rings. The maximum absolute atomic E-state index is 14.7. The molecule has 4 unspecified atom stereocenters. The number of piperidine rings is 3. The highest BCUT2D eigenvalue weighted by Gasteiger charge is 2.43. The van der Waals surface area contributed by atoms with Gasteiger partial charge in [-0.15, -0.1) is 6.58 Å². The summed E-state index contributed by atoms with van der Waals surface area (Å²) < 4.78 is 5.62. The van der Waals surface area contributed by atoms with Crippen LogP contribution in [0, 0.1) is 11.8 Å². The summed E-state index contributed by atoms with van der Waals surface area (Å²) in [7, 11) is 0.737. The standard InChI is InChI=1S/C39H38N3O2P/c1-3-27-26-42-23-21-28(27)24-36(42)38(32-20-22-40-35-19-18-29(44-2)25-34(32)35)41-39(43)33-16-10-11-17-37(33)45(30-12-6-4-7-13-30)31-14-8-5-9-15-31/h3-20,22,25,27-28,36,38H,1,21,23-24,26H2,2H3,(H,41,43)/t27?,28?,36?,38-/m0/s1. The van der Waals surface area contributed by atoms with E-state index in [0.717, 1.165) is 52.6 Å². The number of fused-ring (bicyclic) bond motifs is 4. The molecule has 5 atom stereocenters. The largest absolute Gasteiger partial charge is 0.497 e. The van der Waals surface area contributed by atoms with Crippen LogP contribution in [0.3, 0.4) is 0 Å². The van der Waals surface area contributed by atoms with Crippen LogP contribution in [0.25, 0.3) is 10.9 Å². The van der Waals surface area contributed by atoms with Crippen molar-refractivity contribution in [2.45, 2.75) is 24.9 Å².